The van der Waals surface area contributed by atoms with Gasteiger partial charge in [-0.05, 0) is 30.1 Å². The zero-order valence-electron chi connectivity index (χ0n) is 11.1. The highest BCUT2D eigenvalue weighted by Gasteiger charge is 2.23. The summed E-state index contributed by atoms with van der Waals surface area (Å²) in [4.78, 5) is 4.19. The predicted molar refractivity (Wildman–Crippen MR) is 76.3 cm³/mol. The second-order valence-corrected chi connectivity index (χ2v) is 6.77. The molecule has 8 heteroatoms. The van der Waals surface area contributed by atoms with Gasteiger partial charge in [0, 0.05) is 12.3 Å². The van der Waals surface area contributed by atoms with E-state index in [4.69, 9.17) is 4.74 Å². The molecule has 2 aromatic rings. The van der Waals surface area contributed by atoms with Crippen LogP contribution in [0.4, 0.5) is 0 Å². The van der Waals surface area contributed by atoms with Crippen molar-refractivity contribution >= 4 is 21.6 Å². The van der Waals surface area contributed by atoms with Crippen molar-refractivity contribution in [1.82, 2.24) is 14.1 Å². The SMILES string of the molecule is CC[C@@H](NS(=O)(=O)c1cc(OC)ns1)c1ccccn1. The molecule has 0 unspecified atom stereocenters. The number of nitrogens with zero attached hydrogens (tertiary/aromatic N) is 2. The predicted octanol–water partition coefficient (Wildman–Crippen LogP) is 1.98. The average molecular weight is 313 g/mol. The molecule has 0 aromatic carbocycles. The van der Waals surface area contributed by atoms with Gasteiger partial charge in [-0.2, -0.15) is 4.37 Å². The number of pyridine rings is 1. The number of aromatic nitrogens is 2. The largest absolute Gasteiger partial charge is 0.480 e. The van der Waals surface area contributed by atoms with Crippen LogP contribution in [0.2, 0.25) is 0 Å². The first-order chi connectivity index (χ1) is 9.56. The monoisotopic (exact) mass is 313 g/mol. The van der Waals surface area contributed by atoms with Crippen molar-refractivity contribution in [3.8, 4) is 5.88 Å². The van der Waals surface area contributed by atoms with E-state index in [9.17, 15) is 8.42 Å². The minimum absolute atomic E-state index is 0.128. The van der Waals surface area contributed by atoms with E-state index in [-0.39, 0.29) is 10.3 Å². The number of methoxy groups -OCH3 is 1. The van der Waals surface area contributed by atoms with E-state index in [0.29, 0.717) is 18.0 Å². The van der Waals surface area contributed by atoms with Crippen LogP contribution in [-0.4, -0.2) is 24.9 Å². The number of hydrogen-bond donors (Lipinski definition) is 1. The maximum atomic E-state index is 12.3. The van der Waals surface area contributed by atoms with E-state index in [1.807, 2.05) is 13.0 Å². The van der Waals surface area contributed by atoms with Crippen molar-refractivity contribution in [1.29, 1.82) is 0 Å². The summed E-state index contributed by atoms with van der Waals surface area (Å²) in [5.41, 5.74) is 0.690. The van der Waals surface area contributed by atoms with E-state index in [1.54, 1.807) is 18.3 Å². The normalized spacial score (nSPS) is 13.1. The zero-order chi connectivity index (χ0) is 14.6. The van der Waals surface area contributed by atoms with Crippen LogP contribution in [-0.2, 0) is 10.0 Å². The molecule has 0 aliphatic rings. The van der Waals surface area contributed by atoms with Gasteiger partial charge in [-0.3, -0.25) is 4.98 Å². The first kappa shape index (κ1) is 14.9. The summed E-state index contributed by atoms with van der Waals surface area (Å²) in [7, 11) is -2.18. The molecule has 0 amide bonds. The minimum Gasteiger partial charge on any atom is -0.480 e. The van der Waals surface area contributed by atoms with Gasteiger partial charge in [0.05, 0.1) is 18.8 Å². The smallest absolute Gasteiger partial charge is 0.252 e. The molecule has 0 spiro atoms. The molecule has 20 heavy (non-hydrogen) atoms. The van der Waals surface area contributed by atoms with E-state index in [2.05, 4.69) is 14.1 Å². The molecule has 0 aliphatic heterocycles. The standard InChI is InChI=1S/C12H15N3O3S2/c1-3-9(10-6-4-5-7-13-10)15-20(16,17)12-8-11(18-2)14-19-12/h4-9,15H,3H2,1-2H3/t9-/m1/s1. The summed E-state index contributed by atoms with van der Waals surface area (Å²) < 4.78 is 36.1. The number of nitrogens with one attached hydrogen (secondary N) is 1. The summed E-state index contributed by atoms with van der Waals surface area (Å²) in [6.45, 7) is 1.90. The van der Waals surface area contributed by atoms with Crippen LogP contribution in [0.15, 0.2) is 34.7 Å². The van der Waals surface area contributed by atoms with E-state index in [0.717, 1.165) is 11.5 Å². The van der Waals surface area contributed by atoms with Crippen molar-refractivity contribution < 1.29 is 13.2 Å². The van der Waals surface area contributed by atoms with Crippen molar-refractivity contribution in [3.05, 3.63) is 36.2 Å². The molecule has 1 N–H and O–H groups in total. The lowest BCUT2D eigenvalue weighted by molar-refractivity contribution is 0.402. The minimum atomic E-state index is -3.62. The van der Waals surface area contributed by atoms with Crippen LogP contribution in [0, 0.1) is 0 Å². The van der Waals surface area contributed by atoms with Crippen LogP contribution in [0.5, 0.6) is 5.88 Å². The molecule has 0 aliphatic carbocycles. The van der Waals surface area contributed by atoms with Crippen LogP contribution in [0.1, 0.15) is 25.1 Å². The highest BCUT2D eigenvalue weighted by Crippen LogP contribution is 2.24. The second kappa shape index (κ2) is 6.29. The summed E-state index contributed by atoms with van der Waals surface area (Å²) in [6.07, 6.45) is 2.24. The van der Waals surface area contributed by atoms with Crippen LogP contribution in [0.3, 0.4) is 0 Å². The van der Waals surface area contributed by atoms with Gasteiger partial charge in [0.1, 0.15) is 0 Å². The Hall–Kier alpha value is -1.51. The molecule has 0 fully saturated rings. The van der Waals surface area contributed by atoms with Crippen molar-refractivity contribution in [3.63, 3.8) is 0 Å². The lowest BCUT2D eigenvalue weighted by atomic mass is 10.1. The molecule has 2 rings (SSSR count). The molecular formula is C12H15N3O3S2. The molecule has 1 atom stereocenters. The third kappa shape index (κ3) is 3.33. The Kier molecular flexibility index (Phi) is 4.69. The summed E-state index contributed by atoms with van der Waals surface area (Å²) in [6, 6.07) is 6.45. The topological polar surface area (TPSA) is 81.2 Å². The lowest BCUT2D eigenvalue weighted by Crippen LogP contribution is -2.28. The Balaban J connectivity index is 2.22. The van der Waals surface area contributed by atoms with E-state index in [1.165, 1.54) is 13.2 Å². The van der Waals surface area contributed by atoms with Gasteiger partial charge in [0.15, 0.2) is 4.21 Å². The first-order valence-corrected chi connectivity index (χ1v) is 8.26. The van der Waals surface area contributed by atoms with Gasteiger partial charge in [-0.15, -0.1) is 0 Å². The number of sulfonamides is 1. The highest BCUT2D eigenvalue weighted by molar-refractivity contribution is 7.91. The first-order valence-electron chi connectivity index (χ1n) is 6.00. The molecular weight excluding hydrogens is 298 g/mol. The molecule has 0 bridgehead atoms. The maximum Gasteiger partial charge on any atom is 0.252 e. The van der Waals surface area contributed by atoms with Crippen LogP contribution < -0.4 is 9.46 Å². The van der Waals surface area contributed by atoms with Crippen molar-refractivity contribution in [2.75, 3.05) is 7.11 Å². The van der Waals surface area contributed by atoms with Gasteiger partial charge < -0.3 is 4.74 Å². The summed E-state index contributed by atoms with van der Waals surface area (Å²) in [5.74, 6) is 0.293. The Labute approximate surface area is 122 Å². The number of rotatable bonds is 6. The molecule has 2 aromatic heterocycles. The van der Waals surface area contributed by atoms with Crippen molar-refractivity contribution in [2.45, 2.75) is 23.6 Å². The van der Waals surface area contributed by atoms with E-state index >= 15 is 0 Å². The van der Waals surface area contributed by atoms with E-state index < -0.39 is 10.0 Å². The average Bonchev–Trinajstić information content (AvgIpc) is 2.95. The fraction of sp³-hybridized carbons (Fsp3) is 0.333. The fourth-order valence-corrected chi connectivity index (χ4v) is 3.79. The Bertz CT molecular complexity index is 656. The molecule has 108 valence electrons. The van der Waals surface area contributed by atoms with Gasteiger partial charge in [0.2, 0.25) is 5.88 Å². The zero-order valence-corrected chi connectivity index (χ0v) is 12.7. The molecule has 0 radical (unpaired) electrons. The van der Waals surface area contributed by atoms with Gasteiger partial charge >= 0.3 is 0 Å². The van der Waals surface area contributed by atoms with Crippen molar-refractivity contribution in [2.24, 2.45) is 0 Å². The van der Waals surface area contributed by atoms with Gasteiger partial charge in [0.25, 0.3) is 10.0 Å². The third-order valence-corrected chi connectivity index (χ3v) is 5.38. The van der Waals surface area contributed by atoms with Gasteiger partial charge in [-0.25, -0.2) is 13.1 Å². The third-order valence-electron chi connectivity index (χ3n) is 2.69. The molecule has 2 heterocycles. The maximum absolute atomic E-state index is 12.3. The summed E-state index contributed by atoms with van der Waals surface area (Å²) >= 11 is 0.883. The highest BCUT2D eigenvalue weighted by atomic mass is 32.2. The second-order valence-electron chi connectivity index (χ2n) is 4.03. The fourth-order valence-electron chi connectivity index (χ4n) is 1.65. The quantitative estimate of drug-likeness (QED) is 0.882. The van der Waals surface area contributed by atoms with Gasteiger partial charge in [-0.1, -0.05) is 13.0 Å². The molecule has 0 saturated carbocycles. The Morgan fingerprint density at radius 1 is 1.45 bits per heavy atom. The Morgan fingerprint density at radius 2 is 2.25 bits per heavy atom. The molecule has 0 saturated heterocycles. The Morgan fingerprint density at radius 3 is 2.80 bits per heavy atom. The molecule has 6 nitrogen and oxygen atoms in total. The van der Waals surface area contributed by atoms with Crippen LogP contribution in [0.25, 0.3) is 0 Å². The number of hydrogen-bond acceptors (Lipinski definition) is 6. The number of ether oxygens (including phenoxy) is 1. The summed E-state index contributed by atoms with van der Waals surface area (Å²) in [5, 5.41) is 0. The lowest BCUT2D eigenvalue weighted by Gasteiger charge is -2.15. The van der Waals surface area contributed by atoms with Crippen LogP contribution >= 0.6 is 11.5 Å².